The van der Waals surface area contributed by atoms with Crippen molar-refractivity contribution in [1.29, 1.82) is 0 Å². The number of para-hydroxylation sites is 2. The molecule has 2 aliphatic rings. The van der Waals surface area contributed by atoms with Crippen molar-refractivity contribution in [3.63, 3.8) is 0 Å². The Balaban J connectivity index is 1.53. The molecule has 10 nitrogen and oxygen atoms in total. The van der Waals surface area contributed by atoms with Crippen LogP contribution in [0.15, 0.2) is 54.6 Å². The zero-order valence-corrected chi connectivity index (χ0v) is 21.2. The zero-order chi connectivity index (χ0) is 26.6. The standard InChI is InChI=1S/C27H32N4O6/c1-27(2,3)37-25(34)29-20-16-31(21-13-8-7-12-19(21)28-23(20)32)24(33)22-14-9-15-30(22)26(35)36-17-18-10-5-4-6-11-18/h4-8,10-13,20,22H,9,14-17H2,1-3H3,(H,28,32)(H,29,34)/t20?,22-/m0/s1. The van der Waals surface area contributed by atoms with Gasteiger partial charge in [-0.3, -0.25) is 14.5 Å². The summed E-state index contributed by atoms with van der Waals surface area (Å²) in [6.07, 6.45) is -0.231. The van der Waals surface area contributed by atoms with E-state index in [1.54, 1.807) is 45.0 Å². The molecular weight excluding hydrogens is 476 g/mol. The Morgan fingerprint density at radius 2 is 1.76 bits per heavy atom. The highest BCUT2D eigenvalue weighted by Crippen LogP contribution is 2.31. The lowest BCUT2D eigenvalue weighted by molar-refractivity contribution is -0.122. The fourth-order valence-corrected chi connectivity index (χ4v) is 4.39. The number of ether oxygens (including phenoxy) is 2. The molecule has 2 N–H and O–H groups in total. The van der Waals surface area contributed by atoms with E-state index in [9.17, 15) is 19.2 Å². The molecule has 2 atom stereocenters. The van der Waals surface area contributed by atoms with Gasteiger partial charge < -0.3 is 25.0 Å². The van der Waals surface area contributed by atoms with Gasteiger partial charge in [0.2, 0.25) is 11.8 Å². The van der Waals surface area contributed by atoms with Crippen LogP contribution in [0.5, 0.6) is 0 Å². The molecule has 37 heavy (non-hydrogen) atoms. The molecule has 4 rings (SSSR count). The second kappa shape index (κ2) is 10.9. The number of rotatable bonds is 4. The number of carbonyl (C=O) groups excluding carboxylic acids is 4. The number of likely N-dealkylation sites (tertiary alicyclic amines) is 1. The molecule has 1 fully saturated rings. The SMILES string of the molecule is CC(C)(C)OC(=O)NC1CN(C(=O)[C@@H]2CCCN2C(=O)OCc2ccccc2)c2ccccc2NC1=O. The number of nitrogens with one attached hydrogen (secondary N) is 2. The van der Waals surface area contributed by atoms with Crippen molar-refractivity contribution in [2.75, 3.05) is 23.3 Å². The summed E-state index contributed by atoms with van der Waals surface area (Å²) in [6.45, 7) is 5.52. The van der Waals surface area contributed by atoms with Gasteiger partial charge in [-0.1, -0.05) is 42.5 Å². The maximum absolute atomic E-state index is 13.9. The fourth-order valence-electron chi connectivity index (χ4n) is 4.39. The van der Waals surface area contributed by atoms with Gasteiger partial charge in [0.05, 0.1) is 17.9 Å². The quantitative estimate of drug-likeness (QED) is 0.651. The van der Waals surface area contributed by atoms with E-state index in [2.05, 4.69) is 10.6 Å². The van der Waals surface area contributed by atoms with E-state index >= 15 is 0 Å². The fraction of sp³-hybridized carbons (Fsp3) is 0.407. The van der Waals surface area contributed by atoms with E-state index in [1.165, 1.54) is 9.80 Å². The molecule has 0 radical (unpaired) electrons. The molecule has 0 spiro atoms. The van der Waals surface area contributed by atoms with Crippen LogP contribution < -0.4 is 15.5 Å². The Bertz CT molecular complexity index is 1160. The first-order valence-corrected chi connectivity index (χ1v) is 12.3. The Hall–Kier alpha value is -4.08. The first-order chi connectivity index (χ1) is 17.6. The number of hydrogen-bond donors (Lipinski definition) is 2. The Morgan fingerprint density at radius 3 is 2.49 bits per heavy atom. The predicted octanol–water partition coefficient (Wildman–Crippen LogP) is 3.67. The number of alkyl carbamates (subject to hydrolysis) is 1. The van der Waals surface area contributed by atoms with E-state index in [0.29, 0.717) is 30.8 Å². The minimum atomic E-state index is -1.06. The van der Waals surface area contributed by atoms with E-state index in [-0.39, 0.29) is 19.1 Å². The van der Waals surface area contributed by atoms with Gasteiger partial charge in [0, 0.05) is 6.54 Å². The third kappa shape index (κ3) is 6.38. The number of benzene rings is 2. The van der Waals surface area contributed by atoms with Gasteiger partial charge in [-0.05, 0) is 51.3 Å². The number of anilines is 2. The summed E-state index contributed by atoms with van der Waals surface area (Å²) < 4.78 is 10.8. The van der Waals surface area contributed by atoms with Crippen LogP contribution in [0.2, 0.25) is 0 Å². The minimum absolute atomic E-state index is 0.101. The largest absolute Gasteiger partial charge is 0.445 e. The van der Waals surface area contributed by atoms with E-state index in [0.717, 1.165) is 5.56 Å². The van der Waals surface area contributed by atoms with Crippen LogP contribution >= 0.6 is 0 Å². The molecule has 1 unspecified atom stereocenters. The predicted molar refractivity (Wildman–Crippen MR) is 137 cm³/mol. The van der Waals surface area contributed by atoms with Crippen molar-refractivity contribution in [3.8, 4) is 0 Å². The van der Waals surface area contributed by atoms with Gasteiger partial charge in [-0.15, -0.1) is 0 Å². The minimum Gasteiger partial charge on any atom is -0.445 e. The lowest BCUT2D eigenvalue weighted by Crippen LogP contribution is -2.54. The lowest BCUT2D eigenvalue weighted by Gasteiger charge is -2.31. The smallest absolute Gasteiger partial charge is 0.410 e. The van der Waals surface area contributed by atoms with Crippen LogP contribution in [0.3, 0.4) is 0 Å². The van der Waals surface area contributed by atoms with Gasteiger partial charge in [-0.2, -0.15) is 0 Å². The number of fused-ring (bicyclic) bond motifs is 1. The molecule has 1 saturated heterocycles. The third-order valence-corrected chi connectivity index (χ3v) is 6.07. The maximum Gasteiger partial charge on any atom is 0.410 e. The van der Waals surface area contributed by atoms with Crippen LogP contribution in [0, 0.1) is 0 Å². The summed E-state index contributed by atoms with van der Waals surface area (Å²) in [7, 11) is 0. The van der Waals surface area contributed by atoms with Gasteiger partial charge in [0.1, 0.15) is 24.3 Å². The van der Waals surface area contributed by atoms with Crippen LogP contribution in [0.1, 0.15) is 39.2 Å². The van der Waals surface area contributed by atoms with Gasteiger partial charge in [0.15, 0.2) is 0 Å². The summed E-state index contributed by atoms with van der Waals surface area (Å²) in [4.78, 5) is 55.1. The van der Waals surface area contributed by atoms with Gasteiger partial charge >= 0.3 is 12.2 Å². The van der Waals surface area contributed by atoms with Crippen molar-refractivity contribution in [2.45, 2.75) is 57.9 Å². The maximum atomic E-state index is 13.9. The van der Waals surface area contributed by atoms with Crippen molar-refractivity contribution in [3.05, 3.63) is 60.2 Å². The van der Waals surface area contributed by atoms with Crippen molar-refractivity contribution in [1.82, 2.24) is 10.2 Å². The average molecular weight is 509 g/mol. The van der Waals surface area contributed by atoms with E-state index < -0.39 is 35.8 Å². The monoisotopic (exact) mass is 508 g/mol. The molecule has 10 heteroatoms. The Kier molecular flexibility index (Phi) is 7.66. The summed E-state index contributed by atoms with van der Waals surface area (Å²) in [6, 6.07) is 14.4. The number of hydrogen-bond acceptors (Lipinski definition) is 6. The highest BCUT2D eigenvalue weighted by atomic mass is 16.6. The summed E-state index contributed by atoms with van der Waals surface area (Å²) in [5.41, 5.74) is 1.01. The second-order valence-corrected chi connectivity index (χ2v) is 10.0. The number of nitrogens with zero attached hydrogens (tertiary/aromatic N) is 2. The first-order valence-electron chi connectivity index (χ1n) is 12.3. The molecule has 0 aliphatic carbocycles. The lowest BCUT2D eigenvalue weighted by atomic mass is 10.1. The zero-order valence-electron chi connectivity index (χ0n) is 21.2. The van der Waals surface area contributed by atoms with E-state index in [4.69, 9.17) is 9.47 Å². The molecule has 2 heterocycles. The van der Waals surface area contributed by atoms with E-state index in [1.807, 2.05) is 30.3 Å². The van der Waals surface area contributed by atoms with Crippen molar-refractivity contribution < 1.29 is 28.7 Å². The first kappa shape index (κ1) is 26.0. The summed E-state index contributed by atoms with van der Waals surface area (Å²) >= 11 is 0. The van der Waals surface area contributed by atoms with Crippen LogP contribution in [0.25, 0.3) is 0 Å². The molecule has 2 aromatic carbocycles. The van der Waals surface area contributed by atoms with Crippen LogP contribution in [0.4, 0.5) is 21.0 Å². The molecule has 0 saturated carbocycles. The molecule has 2 aliphatic heterocycles. The molecular formula is C27H32N4O6. The summed E-state index contributed by atoms with van der Waals surface area (Å²) in [5, 5.41) is 5.36. The highest BCUT2D eigenvalue weighted by molar-refractivity contribution is 6.08. The normalized spacial score (nSPS) is 19.4. The second-order valence-electron chi connectivity index (χ2n) is 10.0. The molecule has 2 aromatic rings. The molecule has 0 aromatic heterocycles. The molecule has 196 valence electrons. The van der Waals surface area contributed by atoms with Gasteiger partial charge in [0.25, 0.3) is 0 Å². The van der Waals surface area contributed by atoms with Gasteiger partial charge in [-0.25, -0.2) is 9.59 Å². The molecule has 4 amide bonds. The Labute approximate surface area is 215 Å². The Morgan fingerprint density at radius 1 is 1.05 bits per heavy atom. The van der Waals surface area contributed by atoms with Crippen LogP contribution in [-0.4, -0.2) is 59.7 Å². The van der Waals surface area contributed by atoms with Crippen molar-refractivity contribution >= 4 is 35.4 Å². The average Bonchev–Trinajstić information content (AvgIpc) is 3.30. The number of amides is 4. The topological polar surface area (TPSA) is 117 Å². The van der Waals surface area contributed by atoms with Crippen LogP contribution in [-0.2, 0) is 25.7 Å². The highest BCUT2D eigenvalue weighted by Gasteiger charge is 2.41. The number of carbonyl (C=O) groups is 4. The molecule has 0 bridgehead atoms. The summed E-state index contributed by atoms with van der Waals surface area (Å²) in [5.74, 6) is -0.826. The van der Waals surface area contributed by atoms with Crippen molar-refractivity contribution in [2.24, 2.45) is 0 Å². The third-order valence-electron chi connectivity index (χ3n) is 6.07.